The molecule has 6 rings (SSSR count). The lowest BCUT2D eigenvalue weighted by molar-refractivity contribution is -0.117. The number of carbonyl (C=O) groups is 2. The first-order valence-corrected chi connectivity index (χ1v) is 15.4. The Hall–Kier alpha value is -3.54. The molecule has 0 saturated heterocycles. The van der Waals surface area contributed by atoms with E-state index >= 15 is 0 Å². The molecule has 0 unspecified atom stereocenters. The molecule has 5 nitrogen and oxygen atoms in total. The number of ether oxygens (including phenoxy) is 2. The van der Waals surface area contributed by atoms with Gasteiger partial charge in [-0.25, -0.2) is 0 Å². The third kappa shape index (κ3) is 5.60. The van der Waals surface area contributed by atoms with Crippen LogP contribution < -0.4 is 9.47 Å². The van der Waals surface area contributed by atoms with E-state index in [1.54, 1.807) is 0 Å². The number of allylic oxidation sites excluding steroid dienone is 4. The average Bonchev–Trinajstić information content (AvgIpc) is 2.98. The molecular formula is C35H33Cl2NO4. The molecule has 1 heterocycles. The summed E-state index contributed by atoms with van der Waals surface area (Å²) >= 11 is 13.1. The van der Waals surface area contributed by atoms with Crippen molar-refractivity contribution in [3.05, 3.63) is 116 Å². The third-order valence-corrected chi connectivity index (χ3v) is 8.72. The van der Waals surface area contributed by atoms with E-state index in [2.05, 4.69) is 17.0 Å². The summed E-state index contributed by atoms with van der Waals surface area (Å²) in [5.41, 5.74) is 6.33. The predicted molar refractivity (Wildman–Crippen MR) is 165 cm³/mol. The topological polar surface area (TPSA) is 55.8 Å². The number of hydrogen-bond donors (Lipinski definition) is 0. The van der Waals surface area contributed by atoms with Gasteiger partial charge in [0.15, 0.2) is 23.1 Å². The highest BCUT2D eigenvalue weighted by atomic mass is 35.5. The van der Waals surface area contributed by atoms with Crippen molar-refractivity contribution in [2.45, 2.75) is 64.5 Å². The van der Waals surface area contributed by atoms with E-state index in [0.29, 0.717) is 47.5 Å². The minimum atomic E-state index is -0.485. The van der Waals surface area contributed by atoms with Gasteiger partial charge in [-0.3, -0.25) is 9.59 Å². The van der Waals surface area contributed by atoms with E-state index in [-0.39, 0.29) is 18.2 Å². The van der Waals surface area contributed by atoms with Crippen LogP contribution in [0.4, 0.5) is 0 Å². The van der Waals surface area contributed by atoms with Gasteiger partial charge in [-0.15, -0.1) is 0 Å². The quantitative estimate of drug-likeness (QED) is 0.259. The molecule has 1 aliphatic heterocycles. The fraction of sp³-hybridized carbons (Fsp3) is 0.314. The van der Waals surface area contributed by atoms with Gasteiger partial charge in [-0.2, -0.15) is 0 Å². The molecule has 7 heteroatoms. The molecule has 0 fully saturated rings. The molecule has 0 bridgehead atoms. The maximum atomic E-state index is 13.7. The molecular weight excluding hydrogens is 569 g/mol. The van der Waals surface area contributed by atoms with Gasteiger partial charge in [0.05, 0.1) is 11.6 Å². The maximum absolute atomic E-state index is 13.7. The smallest absolute Gasteiger partial charge is 0.180 e. The van der Waals surface area contributed by atoms with Crippen molar-refractivity contribution in [2.24, 2.45) is 0 Å². The van der Waals surface area contributed by atoms with Crippen LogP contribution in [-0.2, 0) is 22.7 Å². The first-order chi connectivity index (χ1) is 20.4. The van der Waals surface area contributed by atoms with Gasteiger partial charge < -0.3 is 14.4 Å². The molecule has 0 saturated carbocycles. The standard InChI is InChI=1S/C35H33Cl2NO4/c1-2-41-31-19-24(18-26(37)35(31)42-21-23-11-6-12-25(36)17-23)32-33-27(13-7-15-29(33)39)38(20-22-9-4-3-5-10-22)28-14-8-16-30(40)34(28)32/h3-6,9-12,17-19,32H,2,7-8,13-16,20-21H2,1H3. The molecule has 0 spiro atoms. The van der Waals surface area contributed by atoms with E-state index in [9.17, 15) is 9.59 Å². The van der Waals surface area contributed by atoms with Crippen molar-refractivity contribution >= 4 is 34.8 Å². The monoisotopic (exact) mass is 601 g/mol. The first kappa shape index (κ1) is 28.6. The number of carbonyl (C=O) groups excluding carboxylic acids is 2. The van der Waals surface area contributed by atoms with E-state index in [1.165, 1.54) is 0 Å². The van der Waals surface area contributed by atoms with Crippen molar-refractivity contribution in [3.63, 3.8) is 0 Å². The molecule has 3 aromatic carbocycles. The summed E-state index contributed by atoms with van der Waals surface area (Å²) in [6.07, 6.45) is 4.13. The molecule has 0 aromatic heterocycles. The second-order valence-electron chi connectivity index (χ2n) is 11.0. The molecule has 42 heavy (non-hydrogen) atoms. The second kappa shape index (κ2) is 12.4. The van der Waals surface area contributed by atoms with Crippen molar-refractivity contribution in [2.75, 3.05) is 6.61 Å². The van der Waals surface area contributed by atoms with Crippen LogP contribution in [0.15, 0.2) is 89.3 Å². The van der Waals surface area contributed by atoms with Crippen LogP contribution >= 0.6 is 23.2 Å². The third-order valence-electron chi connectivity index (χ3n) is 8.21. The van der Waals surface area contributed by atoms with E-state index in [0.717, 1.165) is 64.9 Å². The zero-order valence-electron chi connectivity index (χ0n) is 23.6. The Morgan fingerprint density at radius 3 is 2.10 bits per heavy atom. The summed E-state index contributed by atoms with van der Waals surface area (Å²) in [7, 11) is 0. The number of rotatable bonds is 8. The van der Waals surface area contributed by atoms with Gasteiger partial charge in [-0.1, -0.05) is 65.7 Å². The lowest BCUT2D eigenvalue weighted by Gasteiger charge is -2.44. The Labute approximate surface area is 256 Å². The molecule has 0 atom stereocenters. The largest absolute Gasteiger partial charge is 0.490 e. The van der Waals surface area contributed by atoms with Gasteiger partial charge in [0, 0.05) is 52.9 Å². The number of benzene rings is 3. The summed E-state index contributed by atoms with van der Waals surface area (Å²) in [4.78, 5) is 29.7. The minimum absolute atomic E-state index is 0.0969. The van der Waals surface area contributed by atoms with Gasteiger partial charge in [0.1, 0.15) is 6.61 Å². The Morgan fingerprint density at radius 2 is 1.45 bits per heavy atom. The predicted octanol–water partition coefficient (Wildman–Crippen LogP) is 8.58. The SMILES string of the molecule is CCOc1cc(C2C3=C(CCCC3=O)N(Cc3ccccc3)C3=C2C(=O)CCC3)cc(Cl)c1OCc1cccc(Cl)c1. The van der Waals surface area contributed by atoms with Crippen molar-refractivity contribution < 1.29 is 19.1 Å². The Kier molecular flexibility index (Phi) is 8.41. The van der Waals surface area contributed by atoms with Crippen LogP contribution in [0.1, 0.15) is 68.1 Å². The molecule has 3 aliphatic rings. The Balaban J connectivity index is 1.45. The average molecular weight is 603 g/mol. The van der Waals surface area contributed by atoms with Crippen LogP contribution in [-0.4, -0.2) is 23.1 Å². The Morgan fingerprint density at radius 1 is 0.786 bits per heavy atom. The fourth-order valence-corrected chi connectivity index (χ4v) is 6.93. The first-order valence-electron chi connectivity index (χ1n) is 14.6. The molecule has 2 aliphatic carbocycles. The minimum Gasteiger partial charge on any atom is -0.490 e. The Bertz CT molecular complexity index is 1550. The number of ketones is 2. The molecule has 0 radical (unpaired) electrons. The molecule has 0 N–H and O–H groups in total. The molecule has 3 aromatic rings. The normalized spacial score (nSPS) is 17.4. The lowest BCUT2D eigenvalue weighted by atomic mass is 9.71. The highest BCUT2D eigenvalue weighted by Gasteiger charge is 2.43. The number of hydrogen-bond acceptors (Lipinski definition) is 5. The van der Waals surface area contributed by atoms with Gasteiger partial charge >= 0.3 is 0 Å². The zero-order valence-corrected chi connectivity index (χ0v) is 25.1. The highest BCUT2D eigenvalue weighted by Crippen LogP contribution is 2.51. The summed E-state index contributed by atoms with van der Waals surface area (Å²) in [5.74, 6) is 0.627. The summed E-state index contributed by atoms with van der Waals surface area (Å²) in [6, 6.07) is 21.5. The van der Waals surface area contributed by atoms with Crippen molar-refractivity contribution in [1.82, 2.24) is 4.90 Å². The fourth-order valence-electron chi connectivity index (χ4n) is 6.45. The molecule has 0 amide bonds. The summed E-state index contributed by atoms with van der Waals surface area (Å²) in [5, 5.41) is 1.00. The van der Waals surface area contributed by atoms with E-state index < -0.39 is 5.92 Å². The summed E-state index contributed by atoms with van der Waals surface area (Å²) < 4.78 is 12.2. The maximum Gasteiger partial charge on any atom is 0.180 e. The lowest BCUT2D eigenvalue weighted by Crippen LogP contribution is -2.38. The van der Waals surface area contributed by atoms with Crippen molar-refractivity contribution in [3.8, 4) is 11.5 Å². The number of Topliss-reactive ketones (excluding diaryl/α,β-unsaturated/α-hetero) is 2. The van der Waals surface area contributed by atoms with Crippen LogP contribution in [0.3, 0.4) is 0 Å². The van der Waals surface area contributed by atoms with Gasteiger partial charge in [0.2, 0.25) is 0 Å². The van der Waals surface area contributed by atoms with Gasteiger partial charge in [-0.05, 0) is 73.6 Å². The summed E-state index contributed by atoms with van der Waals surface area (Å²) in [6.45, 7) is 3.20. The molecule has 216 valence electrons. The number of nitrogens with zero attached hydrogens (tertiary/aromatic N) is 1. The van der Waals surface area contributed by atoms with Crippen LogP contribution in [0.25, 0.3) is 0 Å². The van der Waals surface area contributed by atoms with E-state index in [4.69, 9.17) is 32.7 Å². The van der Waals surface area contributed by atoms with Crippen molar-refractivity contribution in [1.29, 1.82) is 0 Å². The second-order valence-corrected chi connectivity index (χ2v) is 11.8. The van der Waals surface area contributed by atoms with Crippen LogP contribution in [0.5, 0.6) is 11.5 Å². The van der Waals surface area contributed by atoms with Crippen LogP contribution in [0, 0.1) is 0 Å². The number of halogens is 2. The highest BCUT2D eigenvalue weighted by molar-refractivity contribution is 6.32. The zero-order chi connectivity index (χ0) is 29.2. The van der Waals surface area contributed by atoms with Gasteiger partial charge in [0.25, 0.3) is 0 Å². The van der Waals surface area contributed by atoms with Crippen LogP contribution in [0.2, 0.25) is 10.0 Å². The van der Waals surface area contributed by atoms with E-state index in [1.807, 2.05) is 61.5 Å².